The zero-order chi connectivity index (χ0) is 16.0. The monoisotopic (exact) mass is 311 g/mol. The fourth-order valence-corrected chi connectivity index (χ4v) is 1.24. The number of rotatable bonds is 7. The third-order valence-electron chi connectivity index (χ3n) is 2.15. The van der Waals surface area contributed by atoms with Crippen molar-refractivity contribution >= 4 is 5.97 Å². The molecule has 0 radical (unpaired) electrons. The summed E-state index contributed by atoms with van der Waals surface area (Å²) in [4.78, 5) is 11.2. The molecule has 0 amide bonds. The maximum absolute atomic E-state index is 12.2. The molecule has 0 fully saturated rings. The van der Waals surface area contributed by atoms with E-state index in [1.807, 2.05) is 0 Å². The van der Waals surface area contributed by atoms with Crippen molar-refractivity contribution in [3.8, 4) is 0 Å². The Morgan fingerprint density at radius 2 is 1.65 bits per heavy atom. The Morgan fingerprint density at radius 1 is 1.15 bits per heavy atom. The lowest BCUT2D eigenvalue weighted by molar-refractivity contribution is -0.322. The Hall–Kier alpha value is -1.03. The molecule has 20 heavy (non-hydrogen) atoms. The van der Waals surface area contributed by atoms with E-state index in [4.69, 9.17) is 0 Å². The second kappa shape index (κ2) is 7.67. The third kappa shape index (κ3) is 6.42. The van der Waals surface area contributed by atoms with Crippen LogP contribution in [0, 0.1) is 0 Å². The first kappa shape index (κ1) is 19.0. The number of methoxy groups -OCH3 is 1. The number of esters is 1. The highest BCUT2D eigenvalue weighted by molar-refractivity contribution is 5.75. The largest absolute Gasteiger partial charge is 0.468 e. The average Bonchev–Trinajstić information content (AvgIpc) is 2.29. The van der Waals surface area contributed by atoms with Gasteiger partial charge in [-0.15, -0.1) is 0 Å². The van der Waals surface area contributed by atoms with Crippen molar-refractivity contribution in [2.75, 3.05) is 20.3 Å². The van der Waals surface area contributed by atoms with E-state index in [0.29, 0.717) is 6.42 Å². The summed E-state index contributed by atoms with van der Waals surface area (Å²) in [5.74, 6) is -0.999. The summed E-state index contributed by atoms with van der Waals surface area (Å²) in [5.41, 5.74) is 0. The molecule has 0 aliphatic carbocycles. The molecule has 0 aromatic carbocycles. The Bertz CT molecular complexity index is 290. The molecule has 0 heterocycles. The summed E-state index contributed by atoms with van der Waals surface area (Å²) in [6, 6.07) is -1.40. The van der Waals surface area contributed by atoms with Crippen LogP contribution in [0.25, 0.3) is 0 Å². The van der Waals surface area contributed by atoms with Gasteiger partial charge in [0.15, 0.2) is 0 Å². The van der Waals surface area contributed by atoms with Gasteiger partial charge in [0.2, 0.25) is 6.10 Å². The lowest BCUT2D eigenvalue weighted by Crippen LogP contribution is -2.49. The molecule has 0 saturated carbocycles. The van der Waals surface area contributed by atoms with Gasteiger partial charge in [-0.05, 0) is 13.0 Å². The second-order valence-corrected chi connectivity index (χ2v) is 3.83. The van der Waals surface area contributed by atoms with Crippen LogP contribution in [-0.4, -0.2) is 50.7 Å². The van der Waals surface area contributed by atoms with Crippen LogP contribution in [0.5, 0.6) is 0 Å². The van der Waals surface area contributed by atoms with E-state index in [1.165, 1.54) is 0 Å². The first-order valence-corrected chi connectivity index (χ1v) is 5.60. The topological polar surface area (TPSA) is 47.6 Å². The number of hydrogen-bond acceptors (Lipinski definition) is 4. The molecule has 0 aliphatic rings. The molecule has 0 aromatic heterocycles. The standard InChI is InChI=1S/C10H15F6NO3/c1-3-4-17-6(7(18)19-2)5-20-8(9(11,12)13)10(14,15)16/h6,8,17H,3-5H2,1-2H3. The Labute approximate surface area is 111 Å². The van der Waals surface area contributed by atoms with E-state index in [-0.39, 0.29) is 6.54 Å². The van der Waals surface area contributed by atoms with E-state index >= 15 is 0 Å². The smallest absolute Gasteiger partial charge is 0.423 e. The molecule has 0 saturated heterocycles. The molecule has 1 atom stereocenters. The van der Waals surface area contributed by atoms with Gasteiger partial charge in [-0.1, -0.05) is 6.92 Å². The predicted molar refractivity (Wildman–Crippen MR) is 55.9 cm³/mol. The Morgan fingerprint density at radius 3 is 2.00 bits per heavy atom. The van der Waals surface area contributed by atoms with E-state index in [9.17, 15) is 31.1 Å². The molecular weight excluding hydrogens is 296 g/mol. The molecule has 0 rings (SSSR count). The van der Waals surface area contributed by atoms with Gasteiger partial charge in [-0.3, -0.25) is 4.79 Å². The van der Waals surface area contributed by atoms with Crippen molar-refractivity contribution in [2.45, 2.75) is 37.8 Å². The van der Waals surface area contributed by atoms with Crippen LogP contribution in [-0.2, 0) is 14.3 Å². The summed E-state index contributed by atoms with van der Waals surface area (Å²) in [5, 5.41) is 2.44. The van der Waals surface area contributed by atoms with Crippen molar-refractivity contribution < 1.29 is 40.6 Å². The molecule has 1 unspecified atom stereocenters. The highest BCUT2D eigenvalue weighted by Gasteiger charge is 2.58. The summed E-state index contributed by atoms with van der Waals surface area (Å²) >= 11 is 0. The van der Waals surface area contributed by atoms with Crippen molar-refractivity contribution in [3.63, 3.8) is 0 Å². The Kier molecular flexibility index (Phi) is 7.28. The van der Waals surface area contributed by atoms with E-state index in [1.54, 1.807) is 6.92 Å². The number of ether oxygens (including phenoxy) is 2. The van der Waals surface area contributed by atoms with Gasteiger partial charge in [0.25, 0.3) is 0 Å². The lowest BCUT2D eigenvalue weighted by Gasteiger charge is -2.25. The zero-order valence-electron chi connectivity index (χ0n) is 10.8. The summed E-state index contributed by atoms with van der Waals surface area (Å²) < 4.78 is 81.4. The van der Waals surface area contributed by atoms with Crippen LogP contribution in [0.3, 0.4) is 0 Å². The molecule has 4 nitrogen and oxygen atoms in total. The van der Waals surface area contributed by atoms with Gasteiger partial charge in [0.1, 0.15) is 6.04 Å². The Balaban J connectivity index is 4.75. The molecule has 0 aliphatic heterocycles. The maximum atomic E-state index is 12.2. The van der Waals surface area contributed by atoms with Crippen molar-refractivity contribution in [1.29, 1.82) is 0 Å². The predicted octanol–water partition coefficient (Wildman–Crippen LogP) is 2.04. The third-order valence-corrected chi connectivity index (χ3v) is 2.15. The first-order chi connectivity index (χ1) is 9.04. The molecule has 0 bridgehead atoms. The zero-order valence-corrected chi connectivity index (χ0v) is 10.8. The highest BCUT2D eigenvalue weighted by Crippen LogP contribution is 2.35. The van der Waals surface area contributed by atoms with Gasteiger partial charge >= 0.3 is 18.3 Å². The van der Waals surface area contributed by atoms with Crippen LogP contribution >= 0.6 is 0 Å². The number of carbonyl (C=O) groups excluding carboxylic acids is 1. The fourth-order valence-electron chi connectivity index (χ4n) is 1.24. The van der Waals surface area contributed by atoms with Gasteiger partial charge in [0.05, 0.1) is 13.7 Å². The number of alkyl halides is 6. The molecule has 0 spiro atoms. The van der Waals surface area contributed by atoms with Crippen LogP contribution in [0.15, 0.2) is 0 Å². The van der Waals surface area contributed by atoms with Crippen LogP contribution in [0.2, 0.25) is 0 Å². The number of carbonyl (C=O) groups is 1. The summed E-state index contributed by atoms with van der Waals surface area (Å²) in [7, 11) is 0.966. The number of hydrogen-bond donors (Lipinski definition) is 1. The summed E-state index contributed by atoms with van der Waals surface area (Å²) in [6.45, 7) is 0.818. The number of halogens is 6. The highest BCUT2D eigenvalue weighted by atomic mass is 19.4. The van der Waals surface area contributed by atoms with Crippen LogP contribution in [0.4, 0.5) is 26.3 Å². The van der Waals surface area contributed by atoms with Gasteiger partial charge in [0, 0.05) is 0 Å². The van der Waals surface area contributed by atoms with Gasteiger partial charge in [-0.2, -0.15) is 26.3 Å². The molecule has 10 heteroatoms. The average molecular weight is 311 g/mol. The quantitative estimate of drug-likeness (QED) is 0.577. The van der Waals surface area contributed by atoms with E-state index < -0.39 is 37.1 Å². The molecule has 120 valence electrons. The van der Waals surface area contributed by atoms with Crippen LogP contribution < -0.4 is 5.32 Å². The normalized spacial score (nSPS) is 14.4. The van der Waals surface area contributed by atoms with Crippen molar-refractivity contribution in [1.82, 2.24) is 5.32 Å². The summed E-state index contributed by atoms with van der Waals surface area (Å²) in [6.07, 6.45) is -14.6. The number of nitrogens with one attached hydrogen (secondary N) is 1. The lowest BCUT2D eigenvalue weighted by atomic mass is 10.3. The van der Waals surface area contributed by atoms with Crippen molar-refractivity contribution in [2.24, 2.45) is 0 Å². The minimum atomic E-state index is -5.61. The molecule has 1 N–H and O–H groups in total. The van der Waals surface area contributed by atoms with Gasteiger partial charge < -0.3 is 14.8 Å². The fraction of sp³-hybridized carbons (Fsp3) is 0.900. The second-order valence-electron chi connectivity index (χ2n) is 3.83. The van der Waals surface area contributed by atoms with E-state index in [2.05, 4.69) is 14.8 Å². The minimum Gasteiger partial charge on any atom is -0.468 e. The molecule has 0 aromatic rings. The van der Waals surface area contributed by atoms with Crippen LogP contribution in [0.1, 0.15) is 13.3 Å². The SMILES string of the molecule is CCCNC(COC(C(F)(F)F)C(F)(F)F)C(=O)OC. The van der Waals surface area contributed by atoms with Gasteiger partial charge in [-0.25, -0.2) is 0 Å². The maximum Gasteiger partial charge on any atom is 0.423 e. The minimum absolute atomic E-state index is 0.214. The van der Waals surface area contributed by atoms with Crippen molar-refractivity contribution in [3.05, 3.63) is 0 Å². The molecular formula is C10H15F6NO3. The van der Waals surface area contributed by atoms with E-state index in [0.717, 1.165) is 7.11 Å². The first-order valence-electron chi connectivity index (χ1n) is 5.60.